The molecule has 96 valence electrons. The predicted molar refractivity (Wildman–Crippen MR) is 66.4 cm³/mol. The minimum atomic E-state index is -0.293. The molecule has 18 heavy (non-hydrogen) atoms. The summed E-state index contributed by atoms with van der Waals surface area (Å²) in [4.78, 5) is 11.9. The van der Waals surface area contributed by atoms with Crippen LogP contribution in [-0.2, 0) is 0 Å². The number of aromatic amines is 1. The maximum Gasteiger partial charge on any atom is 0.277 e. The van der Waals surface area contributed by atoms with Crippen LogP contribution in [0.2, 0.25) is 0 Å². The van der Waals surface area contributed by atoms with Crippen LogP contribution in [0.3, 0.4) is 0 Å². The molecule has 2 heterocycles. The third kappa shape index (κ3) is 2.11. The van der Waals surface area contributed by atoms with Gasteiger partial charge in [-0.2, -0.15) is 20.5 Å². The summed E-state index contributed by atoms with van der Waals surface area (Å²) in [5.74, 6) is -0.293. The fourth-order valence-electron chi connectivity index (χ4n) is 1.84. The smallest absolute Gasteiger partial charge is 0.277 e. The lowest BCUT2D eigenvalue weighted by Gasteiger charge is -2.08. The van der Waals surface area contributed by atoms with E-state index in [0.29, 0.717) is 0 Å². The molecule has 2 aromatic heterocycles. The monoisotopic (exact) mass is 248 g/mol. The number of aromatic nitrogens is 5. The summed E-state index contributed by atoms with van der Waals surface area (Å²) in [7, 11) is 0. The van der Waals surface area contributed by atoms with Crippen LogP contribution in [0.25, 0.3) is 0 Å². The number of nitrogens with one attached hydrogen (secondary N) is 2. The molecule has 0 aromatic carbocycles. The summed E-state index contributed by atoms with van der Waals surface area (Å²) in [5, 5.41) is 17.0. The van der Waals surface area contributed by atoms with Crippen LogP contribution in [0, 0.1) is 13.8 Å². The van der Waals surface area contributed by atoms with Gasteiger partial charge in [-0.25, -0.2) is 0 Å². The number of hydrogen-bond donors (Lipinski definition) is 2. The summed E-state index contributed by atoms with van der Waals surface area (Å²) >= 11 is 0. The molecule has 0 radical (unpaired) electrons. The summed E-state index contributed by atoms with van der Waals surface area (Å²) in [5.41, 5.74) is 2.71. The van der Waals surface area contributed by atoms with Crippen molar-refractivity contribution in [3.05, 3.63) is 23.3 Å². The number of aryl methyl sites for hydroxylation is 1. The molecular weight excluding hydrogens is 232 g/mol. The highest BCUT2D eigenvalue weighted by molar-refractivity contribution is 6.03. The number of rotatable bonds is 3. The number of hydrogen-bond acceptors (Lipinski definition) is 4. The second-order valence-corrected chi connectivity index (χ2v) is 4.39. The first-order valence-electron chi connectivity index (χ1n) is 5.73. The van der Waals surface area contributed by atoms with Crippen molar-refractivity contribution in [3.8, 4) is 0 Å². The molecule has 2 N–H and O–H groups in total. The van der Waals surface area contributed by atoms with Gasteiger partial charge in [-0.15, -0.1) is 0 Å². The second kappa shape index (κ2) is 4.59. The first-order chi connectivity index (χ1) is 8.50. The highest BCUT2D eigenvalue weighted by Crippen LogP contribution is 2.22. The lowest BCUT2D eigenvalue weighted by Crippen LogP contribution is -2.14. The van der Waals surface area contributed by atoms with E-state index in [1.54, 1.807) is 0 Å². The van der Waals surface area contributed by atoms with E-state index in [-0.39, 0.29) is 17.6 Å². The van der Waals surface area contributed by atoms with E-state index >= 15 is 0 Å². The number of nitrogens with zero attached hydrogens (tertiary/aromatic N) is 4. The van der Waals surface area contributed by atoms with Gasteiger partial charge in [0.1, 0.15) is 0 Å². The van der Waals surface area contributed by atoms with Crippen LogP contribution in [0.5, 0.6) is 0 Å². The first kappa shape index (κ1) is 12.3. The summed E-state index contributed by atoms with van der Waals surface area (Å²) < 4.78 is 1.88. The molecule has 0 atom stereocenters. The van der Waals surface area contributed by atoms with Gasteiger partial charge < -0.3 is 5.32 Å². The Morgan fingerprint density at radius 3 is 2.67 bits per heavy atom. The fourth-order valence-corrected chi connectivity index (χ4v) is 1.84. The van der Waals surface area contributed by atoms with E-state index in [0.717, 1.165) is 17.1 Å². The molecule has 7 heteroatoms. The van der Waals surface area contributed by atoms with E-state index in [1.165, 1.54) is 6.20 Å². The van der Waals surface area contributed by atoms with Gasteiger partial charge in [0.05, 0.1) is 23.3 Å². The molecule has 0 bridgehead atoms. The standard InChI is InChI=1S/C11H16N6O/c1-6(2)17-8(4)10(7(3)15-17)13-11(18)9-5-12-16-14-9/h5-6H,1-4H3,(H,13,18)(H,12,14,16). The van der Waals surface area contributed by atoms with Crippen molar-refractivity contribution in [2.24, 2.45) is 0 Å². The van der Waals surface area contributed by atoms with Crippen molar-refractivity contribution in [3.63, 3.8) is 0 Å². The Kier molecular flexibility index (Phi) is 3.14. The third-order valence-electron chi connectivity index (χ3n) is 2.70. The molecule has 0 aliphatic carbocycles. The van der Waals surface area contributed by atoms with E-state index < -0.39 is 0 Å². The molecule has 2 rings (SSSR count). The first-order valence-corrected chi connectivity index (χ1v) is 5.73. The van der Waals surface area contributed by atoms with Crippen LogP contribution >= 0.6 is 0 Å². The molecule has 0 spiro atoms. The second-order valence-electron chi connectivity index (χ2n) is 4.39. The van der Waals surface area contributed by atoms with Gasteiger partial charge in [0.15, 0.2) is 5.69 Å². The van der Waals surface area contributed by atoms with Gasteiger partial charge in [0.2, 0.25) is 0 Å². The molecule has 0 saturated carbocycles. The lowest BCUT2D eigenvalue weighted by molar-refractivity contribution is 0.102. The Balaban J connectivity index is 2.27. The van der Waals surface area contributed by atoms with Gasteiger partial charge >= 0.3 is 0 Å². The molecule has 0 fully saturated rings. The molecular formula is C11H16N6O. The summed E-state index contributed by atoms with van der Waals surface area (Å²) in [6.07, 6.45) is 1.38. The van der Waals surface area contributed by atoms with Crippen LogP contribution in [0.1, 0.15) is 41.8 Å². The summed E-state index contributed by atoms with van der Waals surface area (Å²) in [6, 6.07) is 0.251. The zero-order valence-corrected chi connectivity index (χ0v) is 10.9. The molecule has 0 aliphatic rings. The van der Waals surface area contributed by atoms with Crippen LogP contribution < -0.4 is 5.32 Å². The Bertz CT molecular complexity index is 554. The molecule has 2 aromatic rings. The highest BCUT2D eigenvalue weighted by atomic mass is 16.2. The number of carbonyl (C=O) groups excluding carboxylic acids is 1. The molecule has 7 nitrogen and oxygen atoms in total. The number of anilines is 1. The SMILES string of the molecule is Cc1nn(C(C)C)c(C)c1NC(=O)c1cn[nH]n1. The minimum Gasteiger partial charge on any atom is -0.317 e. The van der Waals surface area contributed by atoms with Crippen LogP contribution in [0.15, 0.2) is 6.20 Å². The van der Waals surface area contributed by atoms with Crippen LogP contribution in [0.4, 0.5) is 5.69 Å². The normalized spacial score (nSPS) is 10.9. The van der Waals surface area contributed by atoms with Gasteiger partial charge in [-0.1, -0.05) is 0 Å². The van der Waals surface area contributed by atoms with E-state index in [2.05, 4.69) is 25.8 Å². The highest BCUT2D eigenvalue weighted by Gasteiger charge is 2.17. The van der Waals surface area contributed by atoms with Gasteiger partial charge in [0, 0.05) is 6.04 Å². The zero-order chi connectivity index (χ0) is 13.3. The van der Waals surface area contributed by atoms with E-state index in [1.807, 2.05) is 32.4 Å². The van der Waals surface area contributed by atoms with Gasteiger partial charge in [-0.3, -0.25) is 9.48 Å². The Morgan fingerprint density at radius 1 is 1.44 bits per heavy atom. The maximum absolute atomic E-state index is 11.9. The Labute approximate surface area is 105 Å². The fraction of sp³-hybridized carbons (Fsp3) is 0.455. The molecule has 0 unspecified atom stereocenters. The van der Waals surface area contributed by atoms with Crippen molar-refractivity contribution < 1.29 is 4.79 Å². The van der Waals surface area contributed by atoms with Crippen molar-refractivity contribution in [1.29, 1.82) is 0 Å². The van der Waals surface area contributed by atoms with Gasteiger partial charge in [-0.05, 0) is 27.7 Å². The third-order valence-corrected chi connectivity index (χ3v) is 2.70. The quantitative estimate of drug-likeness (QED) is 0.860. The molecule has 0 aliphatic heterocycles. The average molecular weight is 248 g/mol. The topological polar surface area (TPSA) is 88.5 Å². The largest absolute Gasteiger partial charge is 0.317 e. The van der Waals surface area contributed by atoms with Crippen molar-refractivity contribution in [2.45, 2.75) is 33.7 Å². The number of H-pyrrole nitrogens is 1. The van der Waals surface area contributed by atoms with E-state index in [4.69, 9.17) is 0 Å². The van der Waals surface area contributed by atoms with Gasteiger partial charge in [0.25, 0.3) is 5.91 Å². The zero-order valence-electron chi connectivity index (χ0n) is 10.9. The average Bonchev–Trinajstić information content (AvgIpc) is 2.92. The Hall–Kier alpha value is -2.18. The molecule has 0 saturated heterocycles. The number of carbonyl (C=O) groups is 1. The van der Waals surface area contributed by atoms with Crippen molar-refractivity contribution in [2.75, 3.05) is 5.32 Å². The maximum atomic E-state index is 11.9. The molecule has 1 amide bonds. The minimum absolute atomic E-state index is 0.251. The van der Waals surface area contributed by atoms with Crippen molar-refractivity contribution in [1.82, 2.24) is 25.2 Å². The van der Waals surface area contributed by atoms with E-state index in [9.17, 15) is 4.79 Å². The number of amides is 1. The predicted octanol–water partition coefficient (Wildman–Crippen LogP) is 1.45. The van der Waals surface area contributed by atoms with Crippen LogP contribution in [-0.4, -0.2) is 31.1 Å². The lowest BCUT2D eigenvalue weighted by atomic mass is 10.3. The Morgan fingerprint density at radius 2 is 2.17 bits per heavy atom. The summed E-state index contributed by atoms with van der Waals surface area (Å²) in [6.45, 7) is 7.88. The van der Waals surface area contributed by atoms with Crippen molar-refractivity contribution >= 4 is 11.6 Å².